The standard InChI is InChI=1S/C35H33N/c1-6-8-11-25(7-2)26-14-16-27(17-15-26)28-18-20-29(21-19-28)36(5)30-22-23-32-31-12-9-10-13-33(31)35(3,4)34(32)24-30/h6-24H,2H2,1,3-5H3/b8-6-,25-11+. The lowest BCUT2D eigenvalue weighted by Gasteiger charge is -2.25. The van der Waals surface area contributed by atoms with Crippen LogP contribution in [0.2, 0.25) is 0 Å². The van der Waals surface area contributed by atoms with E-state index in [2.05, 4.69) is 129 Å². The van der Waals surface area contributed by atoms with Crippen molar-refractivity contribution in [3.8, 4) is 22.3 Å². The molecule has 0 heterocycles. The van der Waals surface area contributed by atoms with Crippen LogP contribution >= 0.6 is 0 Å². The summed E-state index contributed by atoms with van der Waals surface area (Å²) < 4.78 is 0. The molecule has 1 aliphatic carbocycles. The number of anilines is 2. The van der Waals surface area contributed by atoms with Gasteiger partial charge in [-0.25, -0.2) is 0 Å². The Kier molecular flexibility index (Phi) is 6.24. The maximum Gasteiger partial charge on any atom is 0.0411 e. The van der Waals surface area contributed by atoms with E-state index in [-0.39, 0.29) is 5.41 Å². The van der Waals surface area contributed by atoms with Gasteiger partial charge in [-0.3, -0.25) is 0 Å². The van der Waals surface area contributed by atoms with Crippen molar-refractivity contribution in [2.75, 3.05) is 11.9 Å². The van der Waals surface area contributed by atoms with Gasteiger partial charge in [0, 0.05) is 23.8 Å². The Balaban J connectivity index is 1.39. The molecule has 4 aromatic carbocycles. The largest absolute Gasteiger partial charge is 0.345 e. The summed E-state index contributed by atoms with van der Waals surface area (Å²) in [7, 11) is 2.15. The van der Waals surface area contributed by atoms with Crippen LogP contribution in [-0.2, 0) is 5.41 Å². The molecule has 0 amide bonds. The molecule has 1 heteroatoms. The van der Waals surface area contributed by atoms with Gasteiger partial charge in [0.05, 0.1) is 0 Å². The second kappa shape index (κ2) is 9.51. The number of hydrogen-bond acceptors (Lipinski definition) is 1. The van der Waals surface area contributed by atoms with Gasteiger partial charge in [0.1, 0.15) is 0 Å². The van der Waals surface area contributed by atoms with Crippen LogP contribution < -0.4 is 4.90 Å². The fourth-order valence-electron chi connectivity index (χ4n) is 5.26. The highest BCUT2D eigenvalue weighted by Crippen LogP contribution is 2.49. The van der Waals surface area contributed by atoms with Crippen molar-refractivity contribution in [2.24, 2.45) is 0 Å². The molecule has 0 N–H and O–H groups in total. The van der Waals surface area contributed by atoms with E-state index >= 15 is 0 Å². The molecular weight excluding hydrogens is 434 g/mol. The molecule has 0 spiro atoms. The predicted molar refractivity (Wildman–Crippen MR) is 157 cm³/mol. The summed E-state index contributed by atoms with van der Waals surface area (Å²) in [5, 5.41) is 0. The van der Waals surface area contributed by atoms with Gasteiger partial charge in [0.15, 0.2) is 0 Å². The summed E-state index contributed by atoms with van der Waals surface area (Å²) in [6.07, 6.45) is 8.06. The number of hydrogen-bond donors (Lipinski definition) is 0. The summed E-state index contributed by atoms with van der Waals surface area (Å²) in [6.45, 7) is 10.6. The molecule has 0 aromatic heterocycles. The molecule has 0 bridgehead atoms. The van der Waals surface area contributed by atoms with Crippen LogP contribution in [0.1, 0.15) is 37.5 Å². The zero-order valence-electron chi connectivity index (χ0n) is 21.6. The predicted octanol–water partition coefficient (Wildman–Crippen LogP) is 9.57. The average Bonchev–Trinajstić information content (AvgIpc) is 3.15. The molecule has 0 saturated carbocycles. The van der Waals surface area contributed by atoms with Gasteiger partial charge in [0.2, 0.25) is 0 Å². The van der Waals surface area contributed by atoms with Crippen molar-refractivity contribution in [3.05, 3.63) is 139 Å². The van der Waals surface area contributed by atoms with Gasteiger partial charge in [-0.2, -0.15) is 0 Å². The second-order valence-electron chi connectivity index (χ2n) is 9.94. The van der Waals surface area contributed by atoms with Crippen molar-refractivity contribution in [3.63, 3.8) is 0 Å². The first-order chi connectivity index (χ1) is 17.4. The fourth-order valence-corrected chi connectivity index (χ4v) is 5.26. The molecule has 4 aromatic rings. The topological polar surface area (TPSA) is 3.24 Å². The SMILES string of the molecule is C=C/C(=C\C=C/C)c1ccc(-c2ccc(N(C)c3ccc4c(c3)C(C)(C)c3ccccc3-4)cc2)cc1. The monoisotopic (exact) mass is 467 g/mol. The molecular formula is C35H33N. The van der Waals surface area contributed by atoms with Gasteiger partial charge >= 0.3 is 0 Å². The molecule has 1 aliphatic rings. The van der Waals surface area contributed by atoms with E-state index in [1.807, 2.05) is 25.2 Å². The number of nitrogens with zero attached hydrogens (tertiary/aromatic N) is 1. The zero-order chi connectivity index (χ0) is 25.3. The first-order valence-corrected chi connectivity index (χ1v) is 12.6. The zero-order valence-corrected chi connectivity index (χ0v) is 21.6. The van der Waals surface area contributed by atoms with Crippen molar-refractivity contribution in [1.82, 2.24) is 0 Å². The third-order valence-electron chi connectivity index (χ3n) is 7.45. The Morgan fingerprint density at radius 3 is 2.03 bits per heavy atom. The molecule has 36 heavy (non-hydrogen) atoms. The minimum absolute atomic E-state index is 0.00623. The van der Waals surface area contributed by atoms with Crippen LogP contribution in [0, 0.1) is 0 Å². The van der Waals surface area contributed by atoms with Gasteiger partial charge in [-0.15, -0.1) is 0 Å². The highest BCUT2D eigenvalue weighted by atomic mass is 15.1. The Morgan fingerprint density at radius 1 is 0.750 bits per heavy atom. The van der Waals surface area contributed by atoms with Gasteiger partial charge in [0.25, 0.3) is 0 Å². The van der Waals surface area contributed by atoms with Crippen LogP contribution in [0.3, 0.4) is 0 Å². The third kappa shape index (κ3) is 4.12. The Bertz CT molecular complexity index is 1460. The number of rotatable bonds is 6. The summed E-state index contributed by atoms with van der Waals surface area (Å²) in [4.78, 5) is 2.27. The van der Waals surface area contributed by atoms with Gasteiger partial charge in [-0.05, 0) is 75.7 Å². The van der Waals surface area contributed by atoms with Crippen LogP contribution in [0.4, 0.5) is 11.4 Å². The lowest BCUT2D eigenvalue weighted by Crippen LogP contribution is -2.16. The molecule has 0 aliphatic heterocycles. The number of fused-ring (bicyclic) bond motifs is 3. The lowest BCUT2D eigenvalue weighted by molar-refractivity contribution is 0.660. The van der Waals surface area contributed by atoms with Gasteiger partial charge in [-0.1, -0.05) is 111 Å². The van der Waals surface area contributed by atoms with Crippen LogP contribution in [0.15, 0.2) is 122 Å². The number of benzene rings is 4. The van der Waals surface area contributed by atoms with E-state index < -0.39 is 0 Å². The van der Waals surface area contributed by atoms with E-state index in [1.54, 1.807) is 0 Å². The van der Waals surface area contributed by atoms with Gasteiger partial charge < -0.3 is 4.90 Å². The van der Waals surface area contributed by atoms with Crippen LogP contribution in [0.5, 0.6) is 0 Å². The molecule has 1 nitrogen and oxygen atoms in total. The van der Waals surface area contributed by atoms with Crippen LogP contribution in [0.25, 0.3) is 27.8 Å². The van der Waals surface area contributed by atoms with Crippen molar-refractivity contribution in [2.45, 2.75) is 26.2 Å². The molecule has 5 rings (SSSR count). The Labute approximate surface area is 215 Å². The Morgan fingerprint density at radius 2 is 1.36 bits per heavy atom. The maximum absolute atomic E-state index is 3.95. The highest BCUT2D eigenvalue weighted by molar-refractivity contribution is 5.83. The van der Waals surface area contributed by atoms with Crippen LogP contribution in [-0.4, -0.2) is 7.05 Å². The molecule has 0 radical (unpaired) electrons. The normalized spacial score (nSPS) is 13.9. The quantitative estimate of drug-likeness (QED) is 0.255. The summed E-state index contributed by atoms with van der Waals surface area (Å²) in [6, 6.07) is 33.2. The van der Waals surface area contributed by atoms with Crippen molar-refractivity contribution in [1.29, 1.82) is 0 Å². The minimum atomic E-state index is 0.00623. The summed E-state index contributed by atoms with van der Waals surface area (Å²) in [5.74, 6) is 0. The molecule has 0 unspecified atom stereocenters. The van der Waals surface area contributed by atoms with E-state index in [4.69, 9.17) is 0 Å². The lowest BCUT2D eigenvalue weighted by atomic mass is 9.82. The van der Waals surface area contributed by atoms with E-state index in [0.29, 0.717) is 0 Å². The fraction of sp³-hybridized carbons (Fsp3) is 0.143. The third-order valence-corrected chi connectivity index (χ3v) is 7.45. The first kappa shape index (κ1) is 23.6. The Hall–Kier alpha value is -4.10. The van der Waals surface area contributed by atoms with E-state index in [1.165, 1.54) is 50.3 Å². The number of allylic oxidation sites excluding steroid dienone is 5. The van der Waals surface area contributed by atoms with E-state index in [0.717, 1.165) is 5.57 Å². The molecule has 178 valence electrons. The molecule has 0 atom stereocenters. The average molecular weight is 468 g/mol. The second-order valence-corrected chi connectivity index (χ2v) is 9.94. The molecule has 0 saturated heterocycles. The minimum Gasteiger partial charge on any atom is -0.345 e. The van der Waals surface area contributed by atoms with Crippen molar-refractivity contribution >= 4 is 16.9 Å². The van der Waals surface area contributed by atoms with E-state index in [9.17, 15) is 0 Å². The highest BCUT2D eigenvalue weighted by Gasteiger charge is 2.35. The first-order valence-electron chi connectivity index (χ1n) is 12.6. The maximum atomic E-state index is 3.95. The molecule has 0 fully saturated rings. The smallest absolute Gasteiger partial charge is 0.0411 e. The van der Waals surface area contributed by atoms with Crippen molar-refractivity contribution < 1.29 is 0 Å². The summed E-state index contributed by atoms with van der Waals surface area (Å²) >= 11 is 0. The summed E-state index contributed by atoms with van der Waals surface area (Å²) in [5.41, 5.74) is 12.6.